The van der Waals surface area contributed by atoms with Crippen LogP contribution in [0.3, 0.4) is 0 Å². The second-order valence-corrected chi connectivity index (χ2v) is 7.92. The zero-order valence-corrected chi connectivity index (χ0v) is 18.7. The number of nitrogens with one attached hydrogen (secondary N) is 2. The first kappa shape index (κ1) is 22.0. The van der Waals surface area contributed by atoms with Gasteiger partial charge < -0.3 is 15.4 Å². The van der Waals surface area contributed by atoms with Gasteiger partial charge in [-0.2, -0.15) is 0 Å². The van der Waals surface area contributed by atoms with Crippen LogP contribution < -0.4 is 15.4 Å². The van der Waals surface area contributed by atoms with Crippen molar-refractivity contribution in [3.63, 3.8) is 0 Å². The van der Waals surface area contributed by atoms with Crippen LogP contribution >= 0.6 is 0 Å². The van der Waals surface area contributed by atoms with Crippen molar-refractivity contribution in [3.05, 3.63) is 96.8 Å². The van der Waals surface area contributed by atoms with Gasteiger partial charge in [-0.25, -0.2) is 9.97 Å². The molecule has 0 atom stereocenters. The summed E-state index contributed by atoms with van der Waals surface area (Å²) < 4.78 is 5.64. The van der Waals surface area contributed by atoms with E-state index in [4.69, 9.17) is 4.74 Å². The summed E-state index contributed by atoms with van der Waals surface area (Å²) in [7, 11) is 0. The van der Waals surface area contributed by atoms with Gasteiger partial charge in [0, 0.05) is 23.0 Å². The molecule has 33 heavy (non-hydrogen) atoms. The fourth-order valence-electron chi connectivity index (χ4n) is 3.29. The number of rotatable bonds is 8. The molecular weight excluding hydrogens is 412 g/mol. The van der Waals surface area contributed by atoms with Gasteiger partial charge in [0.2, 0.25) is 0 Å². The van der Waals surface area contributed by atoms with E-state index in [0.717, 1.165) is 16.9 Å². The Kier molecular flexibility index (Phi) is 6.95. The molecule has 3 aromatic carbocycles. The Bertz CT molecular complexity index is 1210. The first-order valence-electron chi connectivity index (χ1n) is 10.8. The summed E-state index contributed by atoms with van der Waals surface area (Å²) in [5, 5.41) is 6.12. The Morgan fingerprint density at radius 1 is 0.879 bits per heavy atom. The van der Waals surface area contributed by atoms with Crippen LogP contribution in [0.15, 0.2) is 91.3 Å². The quantitative estimate of drug-likeness (QED) is 0.351. The average Bonchev–Trinajstić information content (AvgIpc) is 2.85. The van der Waals surface area contributed by atoms with Crippen molar-refractivity contribution in [2.45, 2.75) is 19.8 Å². The SMILES string of the molecule is CC(C)c1cccc(OCC(=O)Nc2ccc(Nc3cc(-c4ccccc4)ncn3)cc2)c1. The van der Waals surface area contributed by atoms with Gasteiger partial charge in [-0.05, 0) is 47.9 Å². The molecule has 0 fully saturated rings. The molecule has 0 saturated carbocycles. The molecule has 0 radical (unpaired) electrons. The maximum Gasteiger partial charge on any atom is 0.262 e. The van der Waals surface area contributed by atoms with Crippen LogP contribution in [0.4, 0.5) is 17.2 Å². The molecule has 0 aliphatic heterocycles. The summed E-state index contributed by atoms with van der Waals surface area (Å²) in [4.78, 5) is 20.9. The highest BCUT2D eigenvalue weighted by Crippen LogP contribution is 2.22. The van der Waals surface area contributed by atoms with Crippen LogP contribution in [0.25, 0.3) is 11.3 Å². The van der Waals surface area contributed by atoms with Crippen molar-refractivity contribution >= 4 is 23.1 Å². The van der Waals surface area contributed by atoms with Crippen molar-refractivity contribution in [1.29, 1.82) is 0 Å². The number of anilines is 3. The van der Waals surface area contributed by atoms with E-state index in [1.807, 2.05) is 78.9 Å². The Labute approximate surface area is 193 Å². The predicted molar refractivity (Wildman–Crippen MR) is 132 cm³/mol. The largest absolute Gasteiger partial charge is 0.484 e. The van der Waals surface area contributed by atoms with E-state index < -0.39 is 0 Å². The molecule has 166 valence electrons. The smallest absolute Gasteiger partial charge is 0.262 e. The van der Waals surface area contributed by atoms with Crippen LogP contribution in [0, 0.1) is 0 Å². The molecule has 1 amide bonds. The minimum atomic E-state index is -0.214. The van der Waals surface area contributed by atoms with Gasteiger partial charge in [0.15, 0.2) is 6.61 Å². The number of hydrogen-bond acceptors (Lipinski definition) is 5. The van der Waals surface area contributed by atoms with Crippen LogP contribution in [0.1, 0.15) is 25.3 Å². The van der Waals surface area contributed by atoms with Crippen molar-refractivity contribution in [3.8, 4) is 17.0 Å². The van der Waals surface area contributed by atoms with Crippen LogP contribution in [-0.2, 0) is 4.79 Å². The number of benzene rings is 3. The lowest BCUT2D eigenvalue weighted by Gasteiger charge is -2.11. The second-order valence-electron chi connectivity index (χ2n) is 7.92. The number of ether oxygens (including phenoxy) is 1. The first-order valence-corrected chi connectivity index (χ1v) is 10.8. The zero-order chi connectivity index (χ0) is 23.0. The van der Waals surface area contributed by atoms with Crippen molar-refractivity contribution < 1.29 is 9.53 Å². The molecule has 0 aliphatic carbocycles. The van der Waals surface area contributed by atoms with Crippen LogP contribution in [-0.4, -0.2) is 22.5 Å². The monoisotopic (exact) mass is 438 g/mol. The van der Waals surface area contributed by atoms with Gasteiger partial charge >= 0.3 is 0 Å². The molecule has 4 aromatic rings. The minimum Gasteiger partial charge on any atom is -0.484 e. The lowest BCUT2D eigenvalue weighted by atomic mass is 10.0. The Balaban J connectivity index is 1.32. The summed E-state index contributed by atoms with van der Waals surface area (Å²) in [5.74, 6) is 1.57. The molecule has 4 rings (SSSR count). The van der Waals surface area contributed by atoms with E-state index in [2.05, 4.69) is 40.5 Å². The van der Waals surface area contributed by atoms with Gasteiger partial charge in [-0.15, -0.1) is 0 Å². The molecule has 2 N–H and O–H groups in total. The fourth-order valence-corrected chi connectivity index (χ4v) is 3.29. The summed E-state index contributed by atoms with van der Waals surface area (Å²) >= 11 is 0. The van der Waals surface area contributed by atoms with E-state index in [-0.39, 0.29) is 12.5 Å². The highest BCUT2D eigenvalue weighted by molar-refractivity contribution is 5.92. The molecular formula is C27H26N4O2. The summed E-state index contributed by atoms with van der Waals surface area (Å²) in [5.41, 5.74) is 4.59. The Morgan fingerprint density at radius 3 is 2.39 bits per heavy atom. The predicted octanol–water partition coefficient (Wildman–Crippen LogP) is 6.03. The van der Waals surface area contributed by atoms with E-state index in [9.17, 15) is 4.79 Å². The van der Waals surface area contributed by atoms with E-state index in [0.29, 0.717) is 23.2 Å². The van der Waals surface area contributed by atoms with Crippen molar-refractivity contribution in [2.75, 3.05) is 17.2 Å². The normalized spacial score (nSPS) is 10.6. The lowest BCUT2D eigenvalue weighted by molar-refractivity contribution is -0.118. The summed E-state index contributed by atoms with van der Waals surface area (Å²) in [6.07, 6.45) is 1.54. The number of aromatic nitrogens is 2. The lowest BCUT2D eigenvalue weighted by Crippen LogP contribution is -2.20. The molecule has 0 unspecified atom stereocenters. The van der Waals surface area contributed by atoms with Gasteiger partial charge in [-0.1, -0.05) is 56.3 Å². The summed E-state index contributed by atoms with van der Waals surface area (Å²) in [6.45, 7) is 4.19. The van der Waals surface area contributed by atoms with Gasteiger partial charge in [-0.3, -0.25) is 4.79 Å². The molecule has 1 aromatic heterocycles. The van der Waals surface area contributed by atoms with Gasteiger partial charge in [0.25, 0.3) is 5.91 Å². The fraction of sp³-hybridized carbons (Fsp3) is 0.148. The van der Waals surface area contributed by atoms with E-state index >= 15 is 0 Å². The number of amides is 1. The van der Waals surface area contributed by atoms with Crippen LogP contribution in [0.2, 0.25) is 0 Å². The maximum atomic E-state index is 12.3. The number of hydrogen-bond donors (Lipinski definition) is 2. The molecule has 0 saturated heterocycles. The number of nitrogens with zero attached hydrogens (tertiary/aromatic N) is 2. The topological polar surface area (TPSA) is 76.1 Å². The summed E-state index contributed by atoms with van der Waals surface area (Å²) in [6, 6.07) is 27.1. The molecule has 0 bridgehead atoms. The molecule has 6 heteroatoms. The average molecular weight is 439 g/mol. The number of carbonyl (C=O) groups excluding carboxylic acids is 1. The number of carbonyl (C=O) groups is 1. The minimum absolute atomic E-state index is 0.0508. The Morgan fingerprint density at radius 2 is 1.64 bits per heavy atom. The van der Waals surface area contributed by atoms with E-state index in [1.54, 1.807) is 0 Å². The van der Waals surface area contributed by atoms with Crippen LogP contribution in [0.5, 0.6) is 5.75 Å². The molecule has 1 heterocycles. The zero-order valence-electron chi connectivity index (χ0n) is 18.7. The standard InChI is InChI=1S/C27H26N4O2/c1-19(2)21-9-6-10-24(15-21)33-17-27(32)31-23-13-11-22(12-14-23)30-26-16-25(28-18-29-26)20-7-4-3-5-8-20/h3-16,18-19H,17H2,1-2H3,(H,31,32)(H,28,29,30). The third-order valence-corrected chi connectivity index (χ3v) is 5.07. The first-order chi connectivity index (χ1) is 16.1. The van der Waals surface area contributed by atoms with E-state index in [1.165, 1.54) is 11.9 Å². The Hall–Kier alpha value is -4.19. The van der Waals surface area contributed by atoms with Crippen molar-refractivity contribution in [2.24, 2.45) is 0 Å². The molecule has 0 aliphatic rings. The molecule has 6 nitrogen and oxygen atoms in total. The third-order valence-electron chi connectivity index (χ3n) is 5.07. The second kappa shape index (κ2) is 10.4. The highest BCUT2D eigenvalue weighted by atomic mass is 16.5. The molecule has 0 spiro atoms. The third kappa shape index (κ3) is 6.17. The van der Waals surface area contributed by atoms with Gasteiger partial charge in [0.1, 0.15) is 17.9 Å². The van der Waals surface area contributed by atoms with Gasteiger partial charge in [0.05, 0.1) is 5.69 Å². The maximum absolute atomic E-state index is 12.3. The van der Waals surface area contributed by atoms with Crippen molar-refractivity contribution in [1.82, 2.24) is 9.97 Å². The highest BCUT2D eigenvalue weighted by Gasteiger charge is 2.07.